The third-order valence-corrected chi connectivity index (χ3v) is 6.06. The lowest BCUT2D eigenvalue weighted by Gasteiger charge is -2.27. The molecule has 2 aliphatic rings. The Morgan fingerprint density at radius 1 is 1.17 bits per heavy atom. The highest BCUT2D eigenvalue weighted by Gasteiger charge is 2.33. The van der Waals surface area contributed by atoms with E-state index in [1.807, 2.05) is 36.1 Å². The molecule has 4 heterocycles. The molecule has 1 saturated heterocycles. The van der Waals surface area contributed by atoms with Crippen LogP contribution in [0.4, 0.5) is 5.82 Å². The predicted octanol–water partition coefficient (Wildman–Crippen LogP) is 3.18. The van der Waals surface area contributed by atoms with E-state index in [1.54, 1.807) is 7.11 Å². The average Bonchev–Trinajstić information content (AvgIpc) is 3.53. The number of H-pyrrole nitrogens is 1. The van der Waals surface area contributed by atoms with Crippen molar-refractivity contribution in [1.82, 2.24) is 20.3 Å². The molecule has 0 saturated carbocycles. The van der Waals surface area contributed by atoms with E-state index in [2.05, 4.69) is 20.3 Å². The lowest BCUT2D eigenvalue weighted by molar-refractivity contribution is 0.0735. The Labute approximate surface area is 174 Å². The van der Waals surface area contributed by atoms with E-state index in [1.165, 1.54) is 0 Å². The molecule has 3 aromatic rings. The summed E-state index contributed by atoms with van der Waals surface area (Å²) in [6, 6.07) is 7.53. The number of hydrogen-bond acceptors (Lipinski definition) is 6. The Morgan fingerprint density at radius 3 is 2.67 bits per heavy atom. The molecule has 5 rings (SSSR count). The molecule has 0 radical (unpaired) electrons. The van der Waals surface area contributed by atoms with Crippen LogP contribution in [0.25, 0.3) is 11.3 Å². The molecule has 2 aliphatic heterocycles. The first-order valence-electron chi connectivity index (χ1n) is 10.4. The molecule has 0 bridgehead atoms. The molecule has 1 aromatic carbocycles. The average molecular weight is 407 g/mol. The fourth-order valence-corrected chi connectivity index (χ4v) is 4.32. The SMILES string of the molecule is COc1ccc(-c2onc(N3CCCC3)c2C(=O)N2CCc3n[nH]c(C)c3C2)cc1. The van der Waals surface area contributed by atoms with Gasteiger partial charge in [-0.25, -0.2) is 0 Å². The van der Waals surface area contributed by atoms with Gasteiger partial charge in [0.1, 0.15) is 11.3 Å². The van der Waals surface area contributed by atoms with Crippen LogP contribution in [-0.2, 0) is 13.0 Å². The molecule has 156 valence electrons. The van der Waals surface area contributed by atoms with E-state index >= 15 is 0 Å². The van der Waals surface area contributed by atoms with Crippen LogP contribution >= 0.6 is 0 Å². The number of amides is 1. The molecule has 1 fully saturated rings. The number of hydrogen-bond donors (Lipinski definition) is 1. The number of rotatable bonds is 4. The smallest absolute Gasteiger partial charge is 0.262 e. The van der Waals surface area contributed by atoms with Gasteiger partial charge in [-0.2, -0.15) is 5.10 Å². The minimum absolute atomic E-state index is 0.0461. The standard InChI is InChI=1S/C22H25N5O3/c1-14-17-13-27(12-9-18(17)24-23-14)22(28)19-20(15-5-7-16(29-2)8-6-15)30-25-21(19)26-10-3-4-11-26/h5-8H,3-4,9-13H2,1-2H3,(H,23,24). The van der Waals surface area contributed by atoms with Crippen LogP contribution in [0.1, 0.15) is 40.2 Å². The maximum absolute atomic E-state index is 13.7. The van der Waals surface area contributed by atoms with Crippen LogP contribution in [0.2, 0.25) is 0 Å². The quantitative estimate of drug-likeness (QED) is 0.715. The van der Waals surface area contributed by atoms with Crippen molar-refractivity contribution in [3.8, 4) is 17.1 Å². The van der Waals surface area contributed by atoms with Crippen LogP contribution in [0.3, 0.4) is 0 Å². The van der Waals surface area contributed by atoms with E-state index in [-0.39, 0.29) is 5.91 Å². The zero-order chi connectivity index (χ0) is 20.7. The lowest BCUT2D eigenvalue weighted by Crippen LogP contribution is -2.37. The van der Waals surface area contributed by atoms with E-state index < -0.39 is 0 Å². The first kappa shape index (κ1) is 18.7. The Kier molecular flexibility index (Phi) is 4.69. The van der Waals surface area contributed by atoms with Gasteiger partial charge in [0.2, 0.25) is 0 Å². The highest BCUT2D eigenvalue weighted by Crippen LogP contribution is 2.35. The maximum Gasteiger partial charge on any atom is 0.262 e. The number of methoxy groups -OCH3 is 1. The van der Waals surface area contributed by atoms with Crippen LogP contribution in [0, 0.1) is 6.92 Å². The highest BCUT2D eigenvalue weighted by atomic mass is 16.5. The van der Waals surface area contributed by atoms with Crippen molar-refractivity contribution in [2.45, 2.75) is 32.7 Å². The minimum Gasteiger partial charge on any atom is -0.497 e. The van der Waals surface area contributed by atoms with Crippen molar-refractivity contribution in [3.63, 3.8) is 0 Å². The summed E-state index contributed by atoms with van der Waals surface area (Å²) >= 11 is 0. The Bertz CT molecular complexity index is 1060. The number of anilines is 1. The summed E-state index contributed by atoms with van der Waals surface area (Å²) < 4.78 is 11.0. The maximum atomic E-state index is 13.7. The van der Waals surface area contributed by atoms with Crippen molar-refractivity contribution < 1.29 is 14.1 Å². The van der Waals surface area contributed by atoms with E-state index in [0.29, 0.717) is 30.2 Å². The van der Waals surface area contributed by atoms with Crippen molar-refractivity contribution in [3.05, 3.63) is 46.8 Å². The van der Waals surface area contributed by atoms with Gasteiger partial charge in [-0.15, -0.1) is 0 Å². The molecule has 0 aliphatic carbocycles. The number of ether oxygens (including phenoxy) is 1. The third-order valence-electron chi connectivity index (χ3n) is 6.06. The number of fused-ring (bicyclic) bond motifs is 1. The van der Waals surface area contributed by atoms with Crippen molar-refractivity contribution >= 4 is 11.7 Å². The number of carbonyl (C=O) groups excluding carboxylic acids is 1. The molecule has 30 heavy (non-hydrogen) atoms. The normalized spacial score (nSPS) is 16.1. The van der Waals surface area contributed by atoms with Crippen molar-refractivity contribution in [2.24, 2.45) is 0 Å². The van der Waals surface area contributed by atoms with Crippen LogP contribution in [0.5, 0.6) is 5.75 Å². The summed E-state index contributed by atoms with van der Waals surface area (Å²) in [6.07, 6.45) is 2.94. The van der Waals surface area contributed by atoms with E-state index in [0.717, 1.165) is 60.6 Å². The van der Waals surface area contributed by atoms with Crippen LogP contribution in [-0.4, -0.2) is 52.9 Å². The number of carbonyl (C=O) groups is 1. The number of nitrogens with one attached hydrogen (secondary N) is 1. The van der Waals surface area contributed by atoms with Gasteiger partial charge in [0, 0.05) is 49.4 Å². The molecule has 0 spiro atoms. The summed E-state index contributed by atoms with van der Waals surface area (Å²) in [4.78, 5) is 17.8. The van der Waals surface area contributed by atoms with Gasteiger partial charge < -0.3 is 19.1 Å². The second kappa shape index (κ2) is 7.51. The first-order chi connectivity index (χ1) is 14.7. The summed E-state index contributed by atoms with van der Waals surface area (Å²) in [5.41, 5.74) is 4.54. The summed E-state index contributed by atoms with van der Waals surface area (Å²) in [6.45, 7) is 4.95. The van der Waals surface area contributed by atoms with E-state index in [9.17, 15) is 4.79 Å². The molecule has 8 nitrogen and oxygen atoms in total. The molecule has 8 heteroatoms. The number of benzene rings is 1. The zero-order valence-corrected chi connectivity index (χ0v) is 17.3. The fourth-order valence-electron chi connectivity index (χ4n) is 4.32. The molecule has 2 aromatic heterocycles. The molecular weight excluding hydrogens is 382 g/mol. The molecule has 0 atom stereocenters. The third kappa shape index (κ3) is 3.12. The van der Waals surface area contributed by atoms with Gasteiger partial charge in [0.15, 0.2) is 11.6 Å². The Morgan fingerprint density at radius 2 is 1.93 bits per heavy atom. The van der Waals surface area contributed by atoms with Crippen molar-refractivity contribution in [2.75, 3.05) is 31.6 Å². The summed E-state index contributed by atoms with van der Waals surface area (Å²) in [5, 5.41) is 11.7. The van der Waals surface area contributed by atoms with E-state index in [4.69, 9.17) is 9.26 Å². The number of aromatic nitrogens is 3. The summed E-state index contributed by atoms with van der Waals surface area (Å²) in [5.74, 6) is 1.87. The predicted molar refractivity (Wildman–Crippen MR) is 112 cm³/mol. The number of nitrogens with zero attached hydrogens (tertiary/aromatic N) is 4. The first-order valence-corrected chi connectivity index (χ1v) is 10.4. The topological polar surface area (TPSA) is 87.5 Å². The van der Waals surface area contributed by atoms with Crippen LogP contribution in [0.15, 0.2) is 28.8 Å². The molecular formula is C22H25N5O3. The summed E-state index contributed by atoms with van der Waals surface area (Å²) in [7, 11) is 1.63. The second-order valence-corrected chi connectivity index (χ2v) is 7.88. The van der Waals surface area contributed by atoms with Crippen molar-refractivity contribution in [1.29, 1.82) is 0 Å². The second-order valence-electron chi connectivity index (χ2n) is 7.88. The van der Waals surface area contributed by atoms with Gasteiger partial charge in [-0.3, -0.25) is 9.89 Å². The van der Waals surface area contributed by atoms with Gasteiger partial charge in [-0.05, 0) is 44.0 Å². The molecule has 1 N–H and O–H groups in total. The van der Waals surface area contributed by atoms with Gasteiger partial charge in [0.05, 0.1) is 12.8 Å². The fraction of sp³-hybridized carbons (Fsp3) is 0.409. The zero-order valence-electron chi connectivity index (χ0n) is 17.3. The monoisotopic (exact) mass is 407 g/mol. The largest absolute Gasteiger partial charge is 0.497 e. The number of aryl methyl sites for hydroxylation is 1. The Balaban J connectivity index is 1.54. The van der Waals surface area contributed by atoms with Gasteiger partial charge >= 0.3 is 0 Å². The van der Waals surface area contributed by atoms with Crippen LogP contribution < -0.4 is 9.64 Å². The lowest BCUT2D eigenvalue weighted by atomic mass is 10.0. The van der Waals surface area contributed by atoms with Gasteiger partial charge in [-0.1, -0.05) is 5.16 Å². The molecule has 0 unspecified atom stereocenters. The van der Waals surface area contributed by atoms with Gasteiger partial charge in [0.25, 0.3) is 5.91 Å². The Hall–Kier alpha value is -3.29. The minimum atomic E-state index is -0.0461. The number of aromatic amines is 1. The highest BCUT2D eigenvalue weighted by molar-refractivity contribution is 6.04. The molecule has 1 amide bonds.